The maximum atomic E-state index is 10.8. The van der Waals surface area contributed by atoms with E-state index in [2.05, 4.69) is 4.74 Å². The van der Waals surface area contributed by atoms with E-state index in [0.717, 1.165) is 17.5 Å². The molecule has 0 saturated heterocycles. The van der Waals surface area contributed by atoms with Gasteiger partial charge in [-0.25, -0.2) is 9.59 Å². The summed E-state index contributed by atoms with van der Waals surface area (Å²) in [6.07, 6.45) is 0.883. The zero-order valence-corrected chi connectivity index (χ0v) is 8.61. The Morgan fingerprint density at radius 2 is 2.07 bits per heavy atom. The quantitative estimate of drug-likeness (QED) is 0.455. The maximum absolute atomic E-state index is 10.8. The first kappa shape index (κ1) is 11.2. The number of rotatable bonds is 2. The summed E-state index contributed by atoms with van der Waals surface area (Å²) in [6, 6.07) is 5.27. The third-order valence-corrected chi connectivity index (χ3v) is 2.02. The molecule has 0 aromatic heterocycles. The average Bonchev–Trinajstić information content (AvgIpc) is 2.20. The smallest absolute Gasteiger partial charge is 0.422 e. The van der Waals surface area contributed by atoms with Gasteiger partial charge in [0.2, 0.25) is 0 Å². The first-order valence-electron chi connectivity index (χ1n) is 4.59. The molecule has 0 aliphatic carbocycles. The summed E-state index contributed by atoms with van der Waals surface area (Å²) in [6.45, 7) is 3.78. The molecular weight excluding hydrogens is 196 g/mol. The molecule has 4 nitrogen and oxygen atoms in total. The molecule has 0 heterocycles. The van der Waals surface area contributed by atoms with Gasteiger partial charge in [-0.1, -0.05) is 19.1 Å². The number of carboxylic acid groups (broad SMARTS) is 1. The number of benzene rings is 1. The summed E-state index contributed by atoms with van der Waals surface area (Å²) in [5.41, 5.74) is 1.87. The van der Waals surface area contributed by atoms with Crippen molar-refractivity contribution in [2.75, 3.05) is 0 Å². The molecule has 0 amide bonds. The summed E-state index contributed by atoms with van der Waals surface area (Å²) in [4.78, 5) is 21.1. The third-order valence-electron chi connectivity index (χ3n) is 2.02. The second kappa shape index (κ2) is 4.59. The minimum absolute atomic E-state index is 0.291. The molecule has 1 aromatic carbocycles. The monoisotopic (exact) mass is 208 g/mol. The van der Waals surface area contributed by atoms with E-state index in [4.69, 9.17) is 5.11 Å². The fourth-order valence-corrected chi connectivity index (χ4v) is 1.19. The second-order valence-corrected chi connectivity index (χ2v) is 3.15. The summed E-state index contributed by atoms with van der Waals surface area (Å²) in [5, 5.41) is 8.36. The van der Waals surface area contributed by atoms with Gasteiger partial charge in [0.05, 0.1) is 0 Å². The molecule has 80 valence electrons. The van der Waals surface area contributed by atoms with Crippen molar-refractivity contribution in [3.63, 3.8) is 0 Å². The van der Waals surface area contributed by atoms with Gasteiger partial charge in [0.15, 0.2) is 0 Å². The summed E-state index contributed by atoms with van der Waals surface area (Å²) in [7, 11) is 0. The largest absolute Gasteiger partial charge is 0.473 e. The van der Waals surface area contributed by atoms with Crippen LogP contribution in [0.2, 0.25) is 0 Å². The Bertz CT molecular complexity index is 396. The van der Waals surface area contributed by atoms with Gasteiger partial charge in [-0.05, 0) is 30.5 Å². The maximum Gasteiger partial charge on any atom is 0.422 e. The molecule has 1 N–H and O–H groups in total. The van der Waals surface area contributed by atoms with E-state index < -0.39 is 11.9 Å². The molecule has 0 unspecified atom stereocenters. The van der Waals surface area contributed by atoms with Crippen molar-refractivity contribution in [2.24, 2.45) is 0 Å². The van der Waals surface area contributed by atoms with Gasteiger partial charge in [-0.2, -0.15) is 0 Å². The standard InChI is InChI=1S/C11H12O4/c1-3-8-4-5-9(7(2)6-8)15-11(14)10(12)13/h4-6H,3H2,1-2H3,(H,12,13). The molecule has 0 radical (unpaired) electrons. The molecule has 4 heteroatoms. The van der Waals surface area contributed by atoms with Crippen molar-refractivity contribution in [3.05, 3.63) is 29.3 Å². The van der Waals surface area contributed by atoms with Crippen LogP contribution in [-0.2, 0) is 16.0 Å². The lowest BCUT2D eigenvalue weighted by molar-refractivity contribution is -0.158. The van der Waals surface area contributed by atoms with E-state index in [9.17, 15) is 9.59 Å². The Morgan fingerprint density at radius 1 is 1.40 bits per heavy atom. The molecule has 0 saturated carbocycles. The Kier molecular flexibility index (Phi) is 3.44. The minimum Gasteiger partial charge on any atom is -0.473 e. The summed E-state index contributed by atoms with van der Waals surface area (Å²) >= 11 is 0. The van der Waals surface area contributed by atoms with Crippen molar-refractivity contribution in [1.29, 1.82) is 0 Å². The van der Waals surface area contributed by atoms with E-state index in [1.54, 1.807) is 19.1 Å². The van der Waals surface area contributed by atoms with Crippen molar-refractivity contribution in [3.8, 4) is 5.75 Å². The van der Waals surface area contributed by atoms with E-state index in [1.165, 1.54) is 0 Å². The van der Waals surface area contributed by atoms with Crippen LogP contribution in [0, 0.1) is 6.92 Å². The van der Waals surface area contributed by atoms with Gasteiger partial charge in [0.1, 0.15) is 5.75 Å². The number of hydrogen-bond acceptors (Lipinski definition) is 3. The van der Waals surface area contributed by atoms with Crippen LogP contribution in [0.5, 0.6) is 5.75 Å². The lowest BCUT2D eigenvalue weighted by Gasteiger charge is -2.06. The SMILES string of the molecule is CCc1ccc(OC(=O)C(=O)O)c(C)c1. The van der Waals surface area contributed by atoms with Gasteiger partial charge in [-0.15, -0.1) is 0 Å². The lowest BCUT2D eigenvalue weighted by Crippen LogP contribution is -2.19. The number of esters is 1. The first-order chi connectivity index (χ1) is 7.04. The lowest BCUT2D eigenvalue weighted by atomic mass is 10.1. The van der Waals surface area contributed by atoms with Crippen LogP contribution in [0.25, 0.3) is 0 Å². The van der Waals surface area contributed by atoms with Crippen LogP contribution >= 0.6 is 0 Å². The molecule has 0 fully saturated rings. The highest BCUT2D eigenvalue weighted by Gasteiger charge is 2.15. The number of carbonyl (C=O) groups is 2. The van der Waals surface area contributed by atoms with Gasteiger partial charge in [0, 0.05) is 0 Å². The number of carboxylic acids is 1. The number of hydrogen-bond donors (Lipinski definition) is 1. The number of aliphatic carboxylic acids is 1. The van der Waals surface area contributed by atoms with Gasteiger partial charge in [0.25, 0.3) is 0 Å². The number of carbonyl (C=O) groups excluding carboxylic acids is 1. The van der Waals surface area contributed by atoms with E-state index in [-0.39, 0.29) is 0 Å². The zero-order chi connectivity index (χ0) is 11.4. The van der Waals surface area contributed by atoms with E-state index >= 15 is 0 Å². The molecule has 0 aliphatic rings. The molecule has 0 bridgehead atoms. The Labute approximate surface area is 87.5 Å². The van der Waals surface area contributed by atoms with Gasteiger partial charge < -0.3 is 9.84 Å². The highest BCUT2D eigenvalue weighted by atomic mass is 16.6. The highest BCUT2D eigenvalue weighted by Crippen LogP contribution is 2.19. The number of ether oxygens (including phenoxy) is 1. The third kappa shape index (κ3) is 2.80. The fraction of sp³-hybridized carbons (Fsp3) is 0.273. The normalized spacial score (nSPS) is 9.73. The Hall–Kier alpha value is -1.84. The average molecular weight is 208 g/mol. The van der Waals surface area contributed by atoms with Crippen molar-refractivity contribution in [1.82, 2.24) is 0 Å². The molecule has 0 atom stereocenters. The number of aryl methyl sites for hydroxylation is 2. The van der Waals surface area contributed by atoms with Crippen LogP contribution in [0.4, 0.5) is 0 Å². The topological polar surface area (TPSA) is 63.6 Å². The fourth-order valence-electron chi connectivity index (χ4n) is 1.19. The molecule has 0 spiro atoms. The van der Waals surface area contributed by atoms with Gasteiger partial charge >= 0.3 is 11.9 Å². The van der Waals surface area contributed by atoms with Gasteiger partial charge in [-0.3, -0.25) is 0 Å². The zero-order valence-electron chi connectivity index (χ0n) is 8.61. The molecule has 0 aliphatic heterocycles. The second-order valence-electron chi connectivity index (χ2n) is 3.15. The summed E-state index contributed by atoms with van der Waals surface area (Å²) < 4.78 is 4.67. The van der Waals surface area contributed by atoms with Crippen molar-refractivity contribution >= 4 is 11.9 Å². The summed E-state index contributed by atoms with van der Waals surface area (Å²) in [5.74, 6) is -2.56. The van der Waals surface area contributed by atoms with E-state index in [1.807, 2.05) is 13.0 Å². The van der Waals surface area contributed by atoms with Crippen LogP contribution in [0.3, 0.4) is 0 Å². The van der Waals surface area contributed by atoms with Crippen LogP contribution in [0.15, 0.2) is 18.2 Å². The first-order valence-corrected chi connectivity index (χ1v) is 4.59. The Balaban J connectivity index is 2.87. The van der Waals surface area contributed by atoms with E-state index in [0.29, 0.717) is 5.75 Å². The predicted molar refractivity (Wildman–Crippen MR) is 53.8 cm³/mol. The Morgan fingerprint density at radius 3 is 2.53 bits per heavy atom. The molecule has 15 heavy (non-hydrogen) atoms. The van der Waals surface area contributed by atoms with Crippen LogP contribution < -0.4 is 4.74 Å². The highest BCUT2D eigenvalue weighted by molar-refractivity contribution is 6.29. The molecule has 1 rings (SSSR count). The molecule has 1 aromatic rings. The van der Waals surface area contributed by atoms with Crippen molar-refractivity contribution < 1.29 is 19.4 Å². The minimum atomic E-state index is -1.59. The van der Waals surface area contributed by atoms with Crippen LogP contribution in [0.1, 0.15) is 18.1 Å². The predicted octanol–water partition coefficient (Wildman–Crippen LogP) is 1.55. The van der Waals surface area contributed by atoms with Crippen molar-refractivity contribution in [2.45, 2.75) is 20.3 Å². The molecular formula is C11H12O4. The van der Waals surface area contributed by atoms with Crippen LogP contribution in [-0.4, -0.2) is 17.0 Å².